The van der Waals surface area contributed by atoms with Crippen molar-refractivity contribution < 1.29 is 22.3 Å². The van der Waals surface area contributed by atoms with E-state index in [9.17, 15) is 13.2 Å². The molecule has 0 aliphatic rings. The van der Waals surface area contributed by atoms with Crippen LogP contribution < -0.4 is 4.74 Å². The molecule has 0 atom stereocenters. The number of hydrogen-bond acceptors (Lipinski definition) is 3. The molecule has 0 spiro atoms. The minimum Gasteiger partial charge on any atom is -0.497 e. The fourth-order valence-electron chi connectivity index (χ4n) is 1.21. The SMILES string of the molecule is COc1cc(Br)c2oc(C(F)(F)F)nc2c1. The number of ether oxygens (including phenoxy) is 1. The molecular formula is C9H5BrF3NO2. The van der Waals surface area contributed by atoms with Gasteiger partial charge in [0.1, 0.15) is 11.3 Å². The predicted molar refractivity (Wildman–Crippen MR) is 53.3 cm³/mol. The normalized spacial score (nSPS) is 12.1. The first-order valence-electron chi connectivity index (χ1n) is 4.13. The quantitative estimate of drug-likeness (QED) is 0.806. The van der Waals surface area contributed by atoms with E-state index in [-0.39, 0.29) is 11.1 Å². The molecule has 0 amide bonds. The van der Waals surface area contributed by atoms with Gasteiger partial charge >= 0.3 is 12.1 Å². The van der Waals surface area contributed by atoms with Crippen molar-refractivity contribution in [3.63, 3.8) is 0 Å². The molecule has 0 fully saturated rings. The maximum atomic E-state index is 12.3. The molecule has 86 valence electrons. The highest BCUT2D eigenvalue weighted by atomic mass is 79.9. The Hall–Kier alpha value is -1.24. The number of hydrogen-bond donors (Lipinski definition) is 0. The fraction of sp³-hybridized carbons (Fsp3) is 0.222. The van der Waals surface area contributed by atoms with Gasteiger partial charge < -0.3 is 9.15 Å². The lowest BCUT2D eigenvalue weighted by molar-refractivity contribution is -0.156. The summed E-state index contributed by atoms with van der Waals surface area (Å²) >= 11 is 3.09. The molecule has 2 rings (SSSR count). The summed E-state index contributed by atoms with van der Waals surface area (Å²) in [5.74, 6) is -0.863. The number of methoxy groups -OCH3 is 1. The molecule has 0 unspecified atom stereocenters. The van der Waals surface area contributed by atoms with Crippen molar-refractivity contribution in [2.45, 2.75) is 6.18 Å². The number of halogens is 4. The molecule has 16 heavy (non-hydrogen) atoms. The first-order valence-corrected chi connectivity index (χ1v) is 4.92. The maximum absolute atomic E-state index is 12.3. The largest absolute Gasteiger partial charge is 0.497 e. The highest BCUT2D eigenvalue weighted by Crippen LogP contribution is 2.35. The fourth-order valence-corrected chi connectivity index (χ4v) is 1.72. The number of rotatable bonds is 1. The molecule has 0 N–H and O–H groups in total. The van der Waals surface area contributed by atoms with Crippen LogP contribution in [0, 0.1) is 0 Å². The van der Waals surface area contributed by atoms with Gasteiger partial charge in [-0.1, -0.05) is 0 Å². The topological polar surface area (TPSA) is 35.3 Å². The van der Waals surface area contributed by atoms with Gasteiger partial charge in [-0.05, 0) is 22.0 Å². The summed E-state index contributed by atoms with van der Waals surface area (Å²) in [6.07, 6.45) is -4.59. The van der Waals surface area contributed by atoms with Gasteiger partial charge in [-0.2, -0.15) is 13.2 Å². The molecule has 1 aromatic heterocycles. The summed E-state index contributed by atoms with van der Waals surface area (Å²) in [7, 11) is 1.42. The lowest BCUT2D eigenvalue weighted by Crippen LogP contribution is -2.04. The average Bonchev–Trinajstić information content (AvgIpc) is 2.61. The summed E-state index contributed by atoms with van der Waals surface area (Å²) in [5, 5.41) is 0. The second kappa shape index (κ2) is 3.65. The van der Waals surface area contributed by atoms with Crippen LogP contribution in [0.25, 0.3) is 11.1 Å². The van der Waals surface area contributed by atoms with Gasteiger partial charge in [0, 0.05) is 6.07 Å². The molecule has 2 aromatic rings. The second-order valence-corrected chi connectivity index (χ2v) is 3.83. The molecule has 1 heterocycles. The molecule has 7 heteroatoms. The van der Waals surface area contributed by atoms with Crippen molar-refractivity contribution in [1.82, 2.24) is 4.98 Å². The molecule has 0 bridgehead atoms. The van der Waals surface area contributed by atoms with E-state index in [0.29, 0.717) is 10.2 Å². The predicted octanol–water partition coefficient (Wildman–Crippen LogP) is 3.62. The van der Waals surface area contributed by atoms with E-state index in [1.807, 2.05) is 0 Å². The number of benzene rings is 1. The van der Waals surface area contributed by atoms with Gasteiger partial charge in [-0.3, -0.25) is 0 Å². The zero-order valence-electron chi connectivity index (χ0n) is 7.93. The van der Waals surface area contributed by atoms with E-state index in [1.54, 1.807) is 0 Å². The third-order valence-electron chi connectivity index (χ3n) is 1.90. The number of nitrogens with zero attached hydrogens (tertiary/aromatic N) is 1. The Bertz CT molecular complexity index is 535. The van der Waals surface area contributed by atoms with Crippen LogP contribution in [0.1, 0.15) is 5.89 Å². The van der Waals surface area contributed by atoms with Crippen molar-refractivity contribution in [3.8, 4) is 5.75 Å². The second-order valence-electron chi connectivity index (χ2n) is 2.97. The van der Waals surface area contributed by atoms with Gasteiger partial charge in [0.15, 0.2) is 5.58 Å². The third-order valence-corrected chi connectivity index (χ3v) is 2.49. The molecule has 0 saturated heterocycles. The zero-order valence-corrected chi connectivity index (χ0v) is 9.52. The summed E-state index contributed by atoms with van der Waals surface area (Å²) in [4.78, 5) is 3.35. The monoisotopic (exact) mass is 295 g/mol. The van der Waals surface area contributed by atoms with Crippen LogP contribution in [-0.2, 0) is 6.18 Å². The van der Waals surface area contributed by atoms with Gasteiger partial charge in [0.05, 0.1) is 11.6 Å². The molecule has 0 radical (unpaired) electrons. The van der Waals surface area contributed by atoms with Crippen LogP contribution in [0.5, 0.6) is 5.75 Å². The third kappa shape index (κ3) is 1.87. The van der Waals surface area contributed by atoms with E-state index < -0.39 is 12.1 Å². The molecule has 1 aromatic carbocycles. The lowest BCUT2D eigenvalue weighted by atomic mass is 10.3. The summed E-state index contributed by atoms with van der Waals surface area (Å²) in [5.41, 5.74) is 0.145. The van der Waals surface area contributed by atoms with Crippen molar-refractivity contribution in [2.24, 2.45) is 0 Å². The molecular weight excluding hydrogens is 291 g/mol. The molecule has 0 aliphatic carbocycles. The van der Waals surface area contributed by atoms with Crippen LogP contribution in [0.15, 0.2) is 21.0 Å². The molecule has 0 saturated carbocycles. The summed E-state index contributed by atoms with van der Waals surface area (Å²) in [6, 6.07) is 2.88. The van der Waals surface area contributed by atoms with Gasteiger partial charge in [0.25, 0.3) is 0 Å². The Balaban J connectivity index is 2.66. The van der Waals surface area contributed by atoms with E-state index >= 15 is 0 Å². The molecule has 3 nitrogen and oxygen atoms in total. The van der Waals surface area contributed by atoms with Crippen molar-refractivity contribution in [1.29, 1.82) is 0 Å². The minimum absolute atomic E-state index is 0.0492. The average molecular weight is 296 g/mol. The smallest absolute Gasteiger partial charge is 0.468 e. The first-order chi connectivity index (χ1) is 7.41. The van der Waals surface area contributed by atoms with Crippen molar-refractivity contribution in [3.05, 3.63) is 22.5 Å². The highest BCUT2D eigenvalue weighted by molar-refractivity contribution is 9.10. The number of aromatic nitrogens is 1. The van der Waals surface area contributed by atoms with Gasteiger partial charge in [-0.15, -0.1) is 0 Å². The lowest BCUT2D eigenvalue weighted by Gasteiger charge is -1.99. The first kappa shape index (κ1) is 11.3. The van der Waals surface area contributed by atoms with E-state index in [1.165, 1.54) is 19.2 Å². The van der Waals surface area contributed by atoms with Gasteiger partial charge in [-0.25, -0.2) is 4.98 Å². The number of oxazole rings is 1. The number of alkyl halides is 3. The highest BCUT2D eigenvalue weighted by Gasteiger charge is 2.37. The Morgan fingerprint density at radius 1 is 1.38 bits per heavy atom. The van der Waals surface area contributed by atoms with Crippen LogP contribution in [0.2, 0.25) is 0 Å². The van der Waals surface area contributed by atoms with Crippen molar-refractivity contribution >= 4 is 27.0 Å². The van der Waals surface area contributed by atoms with Crippen LogP contribution in [0.4, 0.5) is 13.2 Å². The van der Waals surface area contributed by atoms with Crippen molar-refractivity contribution in [2.75, 3.05) is 7.11 Å². The zero-order chi connectivity index (χ0) is 11.9. The Labute approximate surface area is 96.3 Å². The molecule has 0 aliphatic heterocycles. The standard InChI is InChI=1S/C9H5BrF3NO2/c1-15-4-2-5(10)7-6(3-4)14-8(16-7)9(11,12)13/h2-3H,1H3. The summed E-state index contributed by atoms with van der Waals surface area (Å²) in [6.45, 7) is 0. The Morgan fingerprint density at radius 2 is 2.06 bits per heavy atom. The Kier molecular flexibility index (Phi) is 2.57. The Morgan fingerprint density at radius 3 is 2.62 bits per heavy atom. The number of fused-ring (bicyclic) bond motifs is 1. The van der Waals surface area contributed by atoms with Gasteiger partial charge in [0.2, 0.25) is 0 Å². The maximum Gasteiger partial charge on any atom is 0.468 e. The summed E-state index contributed by atoms with van der Waals surface area (Å²) < 4.78 is 46.9. The van der Waals surface area contributed by atoms with E-state index in [2.05, 4.69) is 25.3 Å². The van der Waals surface area contributed by atoms with Crippen LogP contribution in [0.3, 0.4) is 0 Å². The van der Waals surface area contributed by atoms with Crippen LogP contribution in [-0.4, -0.2) is 12.1 Å². The van der Waals surface area contributed by atoms with E-state index in [0.717, 1.165) is 0 Å². The van der Waals surface area contributed by atoms with Crippen LogP contribution >= 0.6 is 15.9 Å². The minimum atomic E-state index is -4.59. The van der Waals surface area contributed by atoms with E-state index in [4.69, 9.17) is 4.74 Å².